The summed E-state index contributed by atoms with van der Waals surface area (Å²) in [5, 5.41) is 0. The van der Waals surface area contributed by atoms with Gasteiger partial charge in [0.2, 0.25) is 5.91 Å². The molecule has 1 aromatic carbocycles. The van der Waals surface area contributed by atoms with Crippen molar-refractivity contribution in [1.29, 1.82) is 0 Å². The molecule has 1 aromatic rings. The minimum atomic E-state index is 0.117. The van der Waals surface area contributed by atoms with E-state index in [0.717, 1.165) is 25.3 Å². The predicted molar refractivity (Wildman–Crippen MR) is 72.5 cm³/mol. The molecule has 2 aliphatic rings. The van der Waals surface area contributed by atoms with Gasteiger partial charge in [0, 0.05) is 13.6 Å². The maximum atomic E-state index is 12.5. The molecule has 1 fully saturated rings. The Morgan fingerprint density at radius 2 is 2.06 bits per heavy atom. The predicted octanol–water partition coefficient (Wildman–Crippen LogP) is 2.97. The van der Waals surface area contributed by atoms with Crippen molar-refractivity contribution in [1.82, 2.24) is 4.90 Å². The molecule has 1 amide bonds. The Bertz CT molecular complexity index is 450. The first-order valence-electron chi connectivity index (χ1n) is 7.08. The first-order valence-corrected chi connectivity index (χ1v) is 7.08. The normalized spacial score (nSPS) is 22.4. The zero-order valence-corrected chi connectivity index (χ0v) is 11.1. The van der Waals surface area contributed by atoms with Gasteiger partial charge in [-0.25, -0.2) is 0 Å². The number of rotatable bonds is 3. The van der Waals surface area contributed by atoms with Crippen molar-refractivity contribution in [2.45, 2.75) is 38.0 Å². The highest BCUT2D eigenvalue weighted by atomic mass is 16.2. The van der Waals surface area contributed by atoms with Gasteiger partial charge in [0.25, 0.3) is 0 Å². The second kappa shape index (κ2) is 4.75. The van der Waals surface area contributed by atoms with Crippen LogP contribution in [0, 0.1) is 5.92 Å². The smallest absolute Gasteiger partial charge is 0.229 e. The molecule has 0 radical (unpaired) electrons. The number of likely N-dealkylation sites (N-methyl/N-ethyl adjacent to an activating group) is 1. The molecule has 0 N–H and O–H groups in total. The van der Waals surface area contributed by atoms with Gasteiger partial charge >= 0.3 is 0 Å². The van der Waals surface area contributed by atoms with E-state index in [4.69, 9.17) is 0 Å². The molecule has 0 aromatic heterocycles. The van der Waals surface area contributed by atoms with E-state index in [9.17, 15) is 4.79 Å². The van der Waals surface area contributed by atoms with Crippen molar-refractivity contribution in [3.05, 3.63) is 35.4 Å². The Labute approximate surface area is 109 Å². The standard InChI is InChI=1S/C16H21NO/c1-17(11-12-5-4-6-12)16(18)15-10-9-13-7-2-3-8-14(13)15/h2-3,7-8,12,15H,4-6,9-11H2,1H3. The van der Waals surface area contributed by atoms with Gasteiger partial charge in [-0.2, -0.15) is 0 Å². The fraction of sp³-hybridized carbons (Fsp3) is 0.562. The largest absolute Gasteiger partial charge is 0.345 e. The minimum absolute atomic E-state index is 0.117. The third-order valence-corrected chi connectivity index (χ3v) is 4.56. The van der Waals surface area contributed by atoms with Crippen molar-refractivity contribution in [2.75, 3.05) is 13.6 Å². The van der Waals surface area contributed by atoms with Crippen LogP contribution in [0.25, 0.3) is 0 Å². The Morgan fingerprint density at radius 3 is 2.78 bits per heavy atom. The van der Waals surface area contributed by atoms with Gasteiger partial charge in [-0.3, -0.25) is 4.79 Å². The maximum absolute atomic E-state index is 12.5. The van der Waals surface area contributed by atoms with E-state index < -0.39 is 0 Å². The van der Waals surface area contributed by atoms with Crippen molar-refractivity contribution >= 4 is 5.91 Å². The van der Waals surface area contributed by atoms with E-state index in [0.29, 0.717) is 5.91 Å². The highest BCUT2D eigenvalue weighted by molar-refractivity contribution is 5.84. The first kappa shape index (κ1) is 11.8. The number of carbonyl (C=O) groups is 1. The number of benzene rings is 1. The number of hydrogen-bond acceptors (Lipinski definition) is 1. The van der Waals surface area contributed by atoms with Crippen molar-refractivity contribution < 1.29 is 4.79 Å². The summed E-state index contributed by atoms with van der Waals surface area (Å²) >= 11 is 0. The average molecular weight is 243 g/mol. The number of aryl methyl sites for hydroxylation is 1. The summed E-state index contributed by atoms with van der Waals surface area (Å²) in [6, 6.07) is 8.41. The van der Waals surface area contributed by atoms with E-state index in [1.165, 1.54) is 30.4 Å². The summed E-state index contributed by atoms with van der Waals surface area (Å²) in [6.45, 7) is 0.956. The molecule has 0 spiro atoms. The monoisotopic (exact) mass is 243 g/mol. The Hall–Kier alpha value is -1.31. The average Bonchev–Trinajstić information content (AvgIpc) is 2.76. The summed E-state index contributed by atoms with van der Waals surface area (Å²) in [4.78, 5) is 14.5. The van der Waals surface area contributed by atoms with Gasteiger partial charge in [0.15, 0.2) is 0 Å². The molecular weight excluding hydrogens is 222 g/mol. The molecule has 18 heavy (non-hydrogen) atoms. The van der Waals surface area contributed by atoms with Gasteiger partial charge in [-0.05, 0) is 42.7 Å². The molecular formula is C16H21NO. The summed E-state index contributed by atoms with van der Waals surface area (Å²) in [5.41, 5.74) is 2.64. The molecule has 0 heterocycles. The molecule has 0 bridgehead atoms. The molecule has 2 aliphatic carbocycles. The summed E-state index contributed by atoms with van der Waals surface area (Å²) in [7, 11) is 1.97. The van der Waals surface area contributed by atoms with Gasteiger partial charge in [-0.15, -0.1) is 0 Å². The molecule has 3 rings (SSSR count). The lowest BCUT2D eigenvalue weighted by molar-refractivity contribution is -0.132. The van der Waals surface area contributed by atoms with Crippen LogP contribution in [-0.4, -0.2) is 24.4 Å². The summed E-state index contributed by atoms with van der Waals surface area (Å²) < 4.78 is 0. The van der Waals surface area contributed by atoms with Crippen LogP contribution in [0.5, 0.6) is 0 Å². The van der Waals surface area contributed by atoms with Crippen LogP contribution in [0.3, 0.4) is 0 Å². The molecule has 2 heteroatoms. The maximum Gasteiger partial charge on any atom is 0.229 e. The van der Waals surface area contributed by atoms with Crippen LogP contribution < -0.4 is 0 Å². The van der Waals surface area contributed by atoms with E-state index in [1.54, 1.807) is 0 Å². The number of hydrogen-bond donors (Lipinski definition) is 0. The lowest BCUT2D eigenvalue weighted by atomic mass is 9.85. The van der Waals surface area contributed by atoms with Crippen LogP contribution >= 0.6 is 0 Å². The second-order valence-electron chi connectivity index (χ2n) is 5.81. The SMILES string of the molecule is CN(CC1CCC1)C(=O)C1CCc2ccccc21. The van der Waals surface area contributed by atoms with E-state index in [1.807, 2.05) is 11.9 Å². The number of fused-ring (bicyclic) bond motifs is 1. The third-order valence-electron chi connectivity index (χ3n) is 4.56. The van der Waals surface area contributed by atoms with Gasteiger partial charge in [0.05, 0.1) is 5.92 Å². The van der Waals surface area contributed by atoms with E-state index in [-0.39, 0.29) is 5.92 Å². The highest BCUT2D eigenvalue weighted by Gasteiger charge is 2.31. The Kier molecular flexibility index (Phi) is 3.11. The summed E-state index contributed by atoms with van der Waals surface area (Å²) in [6.07, 6.45) is 6.01. The Morgan fingerprint density at radius 1 is 1.28 bits per heavy atom. The minimum Gasteiger partial charge on any atom is -0.345 e. The zero-order valence-electron chi connectivity index (χ0n) is 11.1. The molecule has 2 nitrogen and oxygen atoms in total. The zero-order chi connectivity index (χ0) is 12.5. The van der Waals surface area contributed by atoms with Crippen molar-refractivity contribution in [3.63, 3.8) is 0 Å². The number of nitrogens with zero attached hydrogens (tertiary/aromatic N) is 1. The van der Waals surface area contributed by atoms with Crippen molar-refractivity contribution in [3.8, 4) is 0 Å². The third kappa shape index (κ3) is 2.05. The van der Waals surface area contributed by atoms with E-state index >= 15 is 0 Å². The number of carbonyl (C=O) groups excluding carboxylic acids is 1. The fourth-order valence-corrected chi connectivity index (χ4v) is 3.23. The second-order valence-corrected chi connectivity index (χ2v) is 5.81. The molecule has 0 saturated heterocycles. The Balaban J connectivity index is 1.69. The first-order chi connectivity index (χ1) is 8.75. The quantitative estimate of drug-likeness (QED) is 0.799. The van der Waals surface area contributed by atoms with Crippen LogP contribution in [-0.2, 0) is 11.2 Å². The molecule has 1 saturated carbocycles. The van der Waals surface area contributed by atoms with Gasteiger partial charge in [0.1, 0.15) is 0 Å². The molecule has 0 aliphatic heterocycles. The molecule has 96 valence electrons. The highest BCUT2D eigenvalue weighted by Crippen LogP contribution is 2.35. The topological polar surface area (TPSA) is 20.3 Å². The van der Waals surface area contributed by atoms with Gasteiger partial charge < -0.3 is 4.90 Å². The fourth-order valence-electron chi connectivity index (χ4n) is 3.23. The molecule has 1 atom stereocenters. The van der Waals surface area contributed by atoms with Gasteiger partial charge in [-0.1, -0.05) is 30.7 Å². The number of amides is 1. The van der Waals surface area contributed by atoms with Crippen LogP contribution in [0.1, 0.15) is 42.7 Å². The van der Waals surface area contributed by atoms with Crippen LogP contribution in [0.4, 0.5) is 0 Å². The summed E-state index contributed by atoms with van der Waals surface area (Å²) in [5.74, 6) is 1.20. The lowest BCUT2D eigenvalue weighted by Crippen LogP contribution is -2.36. The van der Waals surface area contributed by atoms with Crippen LogP contribution in [0.2, 0.25) is 0 Å². The van der Waals surface area contributed by atoms with Crippen molar-refractivity contribution in [2.24, 2.45) is 5.92 Å². The molecule has 1 unspecified atom stereocenters. The lowest BCUT2D eigenvalue weighted by Gasteiger charge is -2.31. The van der Waals surface area contributed by atoms with Crippen LogP contribution in [0.15, 0.2) is 24.3 Å². The van der Waals surface area contributed by atoms with E-state index in [2.05, 4.69) is 24.3 Å².